The van der Waals surface area contributed by atoms with Crippen molar-refractivity contribution in [2.45, 2.75) is 39.2 Å². The number of sulfonamides is 1. The van der Waals surface area contributed by atoms with Gasteiger partial charge in [0.2, 0.25) is 10.0 Å². The maximum atomic E-state index is 12.7. The van der Waals surface area contributed by atoms with E-state index in [-0.39, 0.29) is 18.9 Å². The molecule has 2 atom stereocenters. The molecule has 7 heteroatoms. The Morgan fingerprint density at radius 3 is 2.57 bits per heavy atom. The number of benzene rings is 1. The van der Waals surface area contributed by atoms with E-state index in [9.17, 15) is 18.0 Å². The van der Waals surface area contributed by atoms with Crippen LogP contribution >= 0.6 is 0 Å². The van der Waals surface area contributed by atoms with Crippen molar-refractivity contribution in [1.29, 1.82) is 0 Å². The number of amides is 1. The lowest BCUT2D eigenvalue weighted by Gasteiger charge is -2.38. The number of ether oxygens (including phenoxy) is 1. The fourth-order valence-corrected chi connectivity index (χ4v) is 4.13. The molecule has 0 bridgehead atoms. The summed E-state index contributed by atoms with van der Waals surface area (Å²) in [6.07, 6.45) is 0.831. The molecule has 0 saturated carbocycles. The van der Waals surface area contributed by atoms with Crippen LogP contribution in [0.1, 0.15) is 47.7 Å². The van der Waals surface area contributed by atoms with E-state index in [1.54, 1.807) is 13.0 Å². The Labute approximate surface area is 136 Å². The molecule has 0 radical (unpaired) electrons. The van der Waals surface area contributed by atoms with Crippen LogP contribution in [0.4, 0.5) is 0 Å². The molecule has 126 valence electrons. The van der Waals surface area contributed by atoms with Crippen molar-refractivity contribution in [3.8, 4) is 0 Å². The van der Waals surface area contributed by atoms with Crippen molar-refractivity contribution in [3.05, 3.63) is 34.9 Å². The van der Waals surface area contributed by atoms with Crippen LogP contribution in [0.15, 0.2) is 18.2 Å². The third-order valence-electron chi connectivity index (χ3n) is 4.05. The van der Waals surface area contributed by atoms with Gasteiger partial charge in [0.25, 0.3) is 5.91 Å². The summed E-state index contributed by atoms with van der Waals surface area (Å²) in [5.41, 5.74) is 2.01. The summed E-state index contributed by atoms with van der Waals surface area (Å²) in [5.74, 6) is -1.39. The zero-order valence-corrected chi connectivity index (χ0v) is 14.5. The Balaban J connectivity index is 2.53. The topological polar surface area (TPSA) is 80.8 Å². The molecule has 23 heavy (non-hydrogen) atoms. The van der Waals surface area contributed by atoms with Crippen molar-refractivity contribution >= 4 is 21.9 Å². The molecule has 6 nitrogen and oxygen atoms in total. The number of fused-ring (bicyclic) bond motifs is 1. The highest BCUT2D eigenvalue weighted by Gasteiger charge is 2.43. The molecule has 2 unspecified atom stereocenters. The van der Waals surface area contributed by atoms with Crippen molar-refractivity contribution in [2.24, 2.45) is 0 Å². The molecule has 0 fully saturated rings. The fraction of sp³-hybridized carbons (Fsp3) is 0.500. The summed E-state index contributed by atoms with van der Waals surface area (Å²) >= 11 is 0. The normalized spacial score (nSPS) is 21.0. The lowest BCUT2D eigenvalue weighted by Crippen LogP contribution is -2.51. The summed E-state index contributed by atoms with van der Waals surface area (Å²) in [4.78, 5) is 24.6. The second-order valence-corrected chi connectivity index (χ2v) is 7.68. The minimum atomic E-state index is -3.80. The van der Waals surface area contributed by atoms with E-state index in [0.717, 1.165) is 21.7 Å². The van der Waals surface area contributed by atoms with Gasteiger partial charge >= 0.3 is 5.97 Å². The molecule has 1 aromatic carbocycles. The van der Waals surface area contributed by atoms with Gasteiger partial charge in [-0.15, -0.1) is 0 Å². The highest BCUT2D eigenvalue weighted by atomic mass is 32.2. The predicted molar refractivity (Wildman–Crippen MR) is 85.6 cm³/mol. The van der Waals surface area contributed by atoms with Gasteiger partial charge in [-0.05, 0) is 25.5 Å². The van der Waals surface area contributed by atoms with Crippen LogP contribution in [0, 0.1) is 6.92 Å². The van der Waals surface area contributed by atoms with Crippen LogP contribution in [0.25, 0.3) is 0 Å². The molecule has 2 rings (SSSR count). The Morgan fingerprint density at radius 1 is 1.35 bits per heavy atom. The summed E-state index contributed by atoms with van der Waals surface area (Å²) in [5, 5.41) is 0. The molecule has 1 heterocycles. The summed E-state index contributed by atoms with van der Waals surface area (Å²) < 4.78 is 30.0. The maximum absolute atomic E-state index is 12.7. The Morgan fingerprint density at radius 2 is 2.00 bits per heavy atom. The molecule has 1 aliphatic rings. The Bertz CT molecular complexity index is 741. The summed E-state index contributed by atoms with van der Waals surface area (Å²) in [6.45, 7) is 5.55. The second kappa shape index (κ2) is 6.31. The van der Waals surface area contributed by atoms with Crippen molar-refractivity contribution in [1.82, 2.24) is 4.31 Å². The third-order valence-corrected chi connectivity index (χ3v) is 5.20. The first kappa shape index (κ1) is 17.5. The summed E-state index contributed by atoms with van der Waals surface area (Å²) in [7, 11) is -3.80. The van der Waals surface area contributed by atoms with Gasteiger partial charge < -0.3 is 4.74 Å². The molecule has 1 amide bonds. The zero-order valence-electron chi connectivity index (χ0n) is 13.7. The highest BCUT2D eigenvalue weighted by Crippen LogP contribution is 2.36. The van der Waals surface area contributed by atoms with Gasteiger partial charge in [-0.2, -0.15) is 0 Å². The van der Waals surface area contributed by atoms with Gasteiger partial charge in [-0.1, -0.05) is 24.6 Å². The second-order valence-electron chi connectivity index (χ2n) is 5.82. The molecule has 1 aliphatic heterocycles. The largest absolute Gasteiger partial charge is 0.466 e. The van der Waals surface area contributed by atoms with E-state index < -0.39 is 27.9 Å². The predicted octanol–water partition coefficient (Wildman–Crippen LogP) is 1.84. The molecule has 0 aliphatic carbocycles. The molecule has 0 saturated heterocycles. The number of nitrogens with zero attached hydrogens (tertiary/aromatic N) is 1. The molecular weight excluding hydrogens is 318 g/mol. The standard InChI is InChI=1S/C16H21NO5S/c1-5-22-15(18)9-14-11(3)12-7-6-10(2)8-13(12)16(19)17(14)23(4,20)21/h6-8,11,14H,5,9H2,1-4H3. The number of carbonyl (C=O) groups excluding carboxylic acids is 2. The smallest absolute Gasteiger partial charge is 0.307 e. The van der Waals surface area contributed by atoms with Gasteiger partial charge in [-0.25, -0.2) is 12.7 Å². The van der Waals surface area contributed by atoms with Crippen LogP contribution in [0.5, 0.6) is 0 Å². The average Bonchev–Trinajstić information content (AvgIpc) is 2.43. The number of carbonyl (C=O) groups is 2. The van der Waals surface area contributed by atoms with Gasteiger partial charge in [0, 0.05) is 11.5 Å². The number of esters is 1. The summed E-state index contributed by atoms with van der Waals surface area (Å²) in [6, 6.07) is 4.62. The van der Waals surface area contributed by atoms with Crippen molar-refractivity contribution < 1.29 is 22.7 Å². The van der Waals surface area contributed by atoms with Gasteiger partial charge in [0.1, 0.15) is 0 Å². The Hall–Kier alpha value is -1.89. The van der Waals surface area contributed by atoms with E-state index in [4.69, 9.17) is 4.74 Å². The first-order chi connectivity index (χ1) is 10.7. The molecule has 0 aromatic heterocycles. The first-order valence-corrected chi connectivity index (χ1v) is 9.31. The van der Waals surface area contributed by atoms with Crippen LogP contribution in [0.3, 0.4) is 0 Å². The minimum absolute atomic E-state index is 0.152. The molecule has 0 N–H and O–H groups in total. The number of hydrogen-bond donors (Lipinski definition) is 0. The number of hydrogen-bond acceptors (Lipinski definition) is 5. The maximum Gasteiger partial charge on any atom is 0.307 e. The number of rotatable bonds is 4. The van der Waals surface area contributed by atoms with Crippen LogP contribution < -0.4 is 0 Å². The zero-order chi connectivity index (χ0) is 17.4. The lowest BCUT2D eigenvalue weighted by molar-refractivity contribution is -0.144. The minimum Gasteiger partial charge on any atom is -0.466 e. The third kappa shape index (κ3) is 3.39. The van der Waals surface area contributed by atoms with E-state index in [0.29, 0.717) is 5.56 Å². The van der Waals surface area contributed by atoms with Crippen molar-refractivity contribution in [3.63, 3.8) is 0 Å². The van der Waals surface area contributed by atoms with E-state index >= 15 is 0 Å². The highest BCUT2D eigenvalue weighted by molar-refractivity contribution is 7.89. The van der Waals surface area contributed by atoms with Crippen molar-refractivity contribution in [2.75, 3.05) is 12.9 Å². The van der Waals surface area contributed by atoms with E-state index in [2.05, 4.69) is 0 Å². The monoisotopic (exact) mass is 339 g/mol. The van der Waals surface area contributed by atoms with Gasteiger partial charge in [-0.3, -0.25) is 9.59 Å². The quantitative estimate of drug-likeness (QED) is 0.782. The first-order valence-electron chi connectivity index (χ1n) is 7.46. The van der Waals surface area contributed by atoms with Crippen LogP contribution in [-0.2, 0) is 19.6 Å². The van der Waals surface area contributed by atoms with Gasteiger partial charge in [0.05, 0.1) is 25.3 Å². The fourth-order valence-electron chi connectivity index (χ4n) is 2.98. The Kier molecular flexibility index (Phi) is 4.79. The van der Waals surface area contributed by atoms with E-state index in [1.807, 2.05) is 26.0 Å². The van der Waals surface area contributed by atoms with Gasteiger partial charge in [0.15, 0.2) is 0 Å². The molecule has 1 aromatic rings. The van der Waals surface area contributed by atoms with Crippen LogP contribution in [0.2, 0.25) is 0 Å². The molecular formula is C16H21NO5S. The van der Waals surface area contributed by atoms with E-state index in [1.165, 1.54) is 0 Å². The molecule has 0 spiro atoms. The number of aryl methyl sites for hydroxylation is 1. The average molecular weight is 339 g/mol. The van der Waals surface area contributed by atoms with Crippen LogP contribution in [-0.4, -0.2) is 43.5 Å². The SMILES string of the molecule is CCOC(=O)CC1C(C)c2ccc(C)cc2C(=O)N1S(C)(=O)=O. The lowest BCUT2D eigenvalue weighted by atomic mass is 9.83.